The highest BCUT2D eigenvalue weighted by atomic mass is 19.4. The Morgan fingerprint density at radius 3 is 2.71 bits per heavy atom. The first-order chi connectivity index (χ1) is 11.3. The van der Waals surface area contributed by atoms with E-state index in [4.69, 9.17) is 4.52 Å². The van der Waals surface area contributed by atoms with Crippen molar-refractivity contribution in [2.45, 2.75) is 26.1 Å². The van der Waals surface area contributed by atoms with Gasteiger partial charge in [-0.25, -0.2) is 10.4 Å². The third-order valence-electron chi connectivity index (χ3n) is 3.33. The predicted octanol–water partition coefficient (Wildman–Crippen LogP) is 1.45. The Kier molecular flexibility index (Phi) is 3.79. The van der Waals surface area contributed by atoms with Gasteiger partial charge >= 0.3 is 6.18 Å². The summed E-state index contributed by atoms with van der Waals surface area (Å²) in [7, 11) is 0. The number of aromatic amines is 1. The van der Waals surface area contributed by atoms with Gasteiger partial charge in [0, 0.05) is 18.0 Å². The van der Waals surface area contributed by atoms with Crippen LogP contribution in [-0.4, -0.2) is 21.0 Å². The maximum atomic E-state index is 12.9. The van der Waals surface area contributed by atoms with Gasteiger partial charge in [0.1, 0.15) is 17.6 Å². The number of halogens is 3. The normalized spacial score (nSPS) is 17.5. The Balaban J connectivity index is 1.80. The van der Waals surface area contributed by atoms with Crippen LogP contribution in [0.15, 0.2) is 22.5 Å². The highest BCUT2D eigenvalue weighted by molar-refractivity contribution is 5.93. The second-order valence-electron chi connectivity index (χ2n) is 5.19. The molecule has 0 fully saturated rings. The van der Waals surface area contributed by atoms with Crippen molar-refractivity contribution in [1.82, 2.24) is 31.3 Å². The van der Waals surface area contributed by atoms with Gasteiger partial charge in [0.15, 0.2) is 11.4 Å². The van der Waals surface area contributed by atoms with Gasteiger partial charge < -0.3 is 20.2 Å². The summed E-state index contributed by atoms with van der Waals surface area (Å²) in [6.07, 6.45) is -3.14. The number of H-pyrrole nitrogens is 1. The molecule has 4 N–H and O–H groups in total. The van der Waals surface area contributed by atoms with E-state index in [0.717, 1.165) is 0 Å². The van der Waals surface area contributed by atoms with Crippen molar-refractivity contribution in [2.75, 3.05) is 0 Å². The van der Waals surface area contributed by atoms with Crippen LogP contribution in [0.3, 0.4) is 0 Å². The molecule has 2 aromatic heterocycles. The van der Waals surface area contributed by atoms with Crippen molar-refractivity contribution in [1.29, 1.82) is 0 Å². The molecule has 0 saturated carbocycles. The third-order valence-corrected chi connectivity index (χ3v) is 3.33. The fourth-order valence-corrected chi connectivity index (χ4v) is 2.25. The van der Waals surface area contributed by atoms with Crippen LogP contribution in [0, 0.1) is 13.8 Å². The van der Waals surface area contributed by atoms with Gasteiger partial charge in [-0.1, -0.05) is 5.16 Å². The zero-order valence-electron chi connectivity index (χ0n) is 12.6. The van der Waals surface area contributed by atoms with Crippen LogP contribution in [0.25, 0.3) is 0 Å². The SMILES string of the molecule is Cc1cc(C(=O)NC2=CNNC2c2nc(C(F)(F)F)c(C)[nH]2)no1. The maximum Gasteiger partial charge on any atom is 0.435 e. The number of nitrogens with zero attached hydrogens (tertiary/aromatic N) is 2. The van der Waals surface area contributed by atoms with E-state index in [1.54, 1.807) is 6.92 Å². The number of nitrogens with one attached hydrogen (secondary N) is 4. The van der Waals surface area contributed by atoms with E-state index < -0.39 is 23.8 Å². The highest BCUT2D eigenvalue weighted by Crippen LogP contribution is 2.32. The lowest BCUT2D eigenvalue weighted by Gasteiger charge is -2.12. The van der Waals surface area contributed by atoms with Gasteiger partial charge in [-0.15, -0.1) is 0 Å². The minimum absolute atomic E-state index is 0.0210. The van der Waals surface area contributed by atoms with Crippen LogP contribution in [-0.2, 0) is 6.18 Å². The number of aromatic nitrogens is 3. The Labute approximate surface area is 133 Å². The van der Waals surface area contributed by atoms with Crippen LogP contribution in [0.5, 0.6) is 0 Å². The molecule has 0 spiro atoms. The monoisotopic (exact) mass is 342 g/mol. The minimum atomic E-state index is -4.56. The van der Waals surface area contributed by atoms with E-state index in [1.165, 1.54) is 19.2 Å². The smallest absolute Gasteiger partial charge is 0.361 e. The largest absolute Gasteiger partial charge is 0.435 e. The van der Waals surface area contributed by atoms with Gasteiger partial charge in [0.25, 0.3) is 5.91 Å². The summed E-state index contributed by atoms with van der Waals surface area (Å²) in [5.41, 5.74) is 4.60. The second-order valence-corrected chi connectivity index (χ2v) is 5.19. The van der Waals surface area contributed by atoms with Gasteiger partial charge in [-0.3, -0.25) is 4.79 Å². The Bertz CT molecular complexity index is 807. The molecule has 2 aromatic rings. The summed E-state index contributed by atoms with van der Waals surface area (Å²) in [5.74, 6) is -0.0644. The first-order valence-corrected chi connectivity index (χ1v) is 6.85. The number of hydrogen-bond donors (Lipinski definition) is 4. The zero-order chi connectivity index (χ0) is 17.5. The van der Waals surface area contributed by atoms with E-state index >= 15 is 0 Å². The molecule has 0 aromatic carbocycles. The van der Waals surface area contributed by atoms with Gasteiger partial charge in [0.05, 0.1) is 5.70 Å². The Morgan fingerprint density at radius 1 is 1.38 bits per heavy atom. The van der Waals surface area contributed by atoms with Crippen LogP contribution in [0.1, 0.15) is 39.5 Å². The summed E-state index contributed by atoms with van der Waals surface area (Å²) in [6, 6.07) is 0.663. The molecule has 8 nitrogen and oxygen atoms in total. The first-order valence-electron chi connectivity index (χ1n) is 6.85. The number of hydrazine groups is 1. The number of aryl methyl sites for hydroxylation is 2. The Hall–Kier alpha value is -2.82. The van der Waals surface area contributed by atoms with E-state index in [-0.39, 0.29) is 17.2 Å². The molecule has 1 amide bonds. The molecule has 128 valence electrons. The summed E-state index contributed by atoms with van der Waals surface area (Å²) < 4.78 is 43.4. The van der Waals surface area contributed by atoms with Crippen LogP contribution < -0.4 is 16.2 Å². The number of carbonyl (C=O) groups excluding carboxylic acids is 1. The van der Waals surface area contributed by atoms with Crippen molar-refractivity contribution in [2.24, 2.45) is 0 Å². The molecule has 1 atom stereocenters. The van der Waals surface area contributed by atoms with Crippen LogP contribution in [0.4, 0.5) is 13.2 Å². The van der Waals surface area contributed by atoms with Crippen molar-refractivity contribution >= 4 is 5.91 Å². The number of carbonyl (C=O) groups is 1. The van der Waals surface area contributed by atoms with Crippen LogP contribution >= 0.6 is 0 Å². The van der Waals surface area contributed by atoms with Crippen molar-refractivity contribution in [3.05, 3.63) is 46.6 Å². The average molecular weight is 342 g/mol. The summed E-state index contributed by atoms with van der Waals surface area (Å²) in [4.78, 5) is 18.3. The fourth-order valence-electron chi connectivity index (χ4n) is 2.25. The quantitative estimate of drug-likeness (QED) is 0.673. The third kappa shape index (κ3) is 2.97. The lowest BCUT2D eigenvalue weighted by atomic mass is 10.2. The maximum absolute atomic E-state index is 12.9. The van der Waals surface area contributed by atoms with Gasteiger partial charge in [-0.05, 0) is 13.8 Å². The topological polar surface area (TPSA) is 108 Å². The molecule has 1 aliphatic heterocycles. The van der Waals surface area contributed by atoms with E-state index in [0.29, 0.717) is 11.5 Å². The molecular weight excluding hydrogens is 329 g/mol. The molecule has 0 radical (unpaired) electrons. The van der Waals surface area contributed by atoms with Crippen molar-refractivity contribution in [3.63, 3.8) is 0 Å². The minimum Gasteiger partial charge on any atom is -0.361 e. The summed E-state index contributed by atoms with van der Waals surface area (Å²) in [5, 5.41) is 6.14. The lowest BCUT2D eigenvalue weighted by Crippen LogP contribution is -2.31. The Morgan fingerprint density at radius 2 is 2.12 bits per heavy atom. The molecule has 0 aliphatic carbocycles. The van der Waals surface area contributed by atoms with Crippen molar-refractivity contribution < 1.29 is 22.5 Å². The zero-order valence-corrected chi connectivity index (χ0v) is 12.6. The number of imidazole rings is 1. The molecule has 0 bridgehead atoms. The van der Waals surface area contributed by atoms with Crippen LogP contribution in [0.2, 0.25) is 0 Å². The predicted molar refractivity (Wildman–Crippen MR) is 74.1 cm³/mol. The van der Waals surface area contributed by atoms with Crippen molar-refractivity contribution in [3.8, 4) is 0 Å². The molecule has 3 rings (SSSR count). The molecule has 0 saturated heterocycles. The number of amides is 1. The van der Waals surface area contributed by atoms with E-state index in [9.17, 15) is 18.0 Å². The fraction of sp³-hybridized carbons (Fsp3) is 0.308. The summed E-state index contributed by atoms with van der Waals surface area (Å²) >= 11 is 0. The standard InChI is InChI=1S/C13H13F3N6O2/c1-5-3-7(22-24-5)12(23)19-8-4-17-21-9(8)11-18-6(2)10(20-11)13(14,15)16/h3-4,9,17,21H,1-2H3,(H,18,20)(H,19,23). The van der Waals surface area contributed by atoms with E-state index in [1.807, 2.05) is 0 Å². The van der Waals surface area contributed by atoms with Gasteiger partial charge in [-0.2, -0.15) is 13.2 Å². The second kappa shape index (κ2) is 5.67. The molecule has 11 heteroatoms. The summed E-state index contributed by atoms with van der Waals surface area (Å²) in [6.45, 7) is 2.91. The molecule has 3 heterocycles. The molecule has 1 aliphatic rings. The lowest BCUT2D eigenvalue weighted by molar-refractivity contribution is -0.141. The first kappa shape index (κ1) is 16.1. The molecule has 1 unspecified atom stereocenters. The number of hydrogen-bond acceptors (Lipinski definition) is 6. The number of alkyl halides is 3. The van der Waals surface area contributed by atoms with Gasteiger partial charge in [0.2, 0.25) is 0 Å². The molecule has 24 heavy (non-hydrogen) atoms. The average Bonchev–Trinajstić information content (AvgIpc) is 3.17. The molecular formula is C13H13F3N6O2. The highest BCUT2D eigenvalue weighted by Gasteiger charge is 2.38. The van der Waals surface area contributed by atoms with E-state index in [2.05, 4.69) is 31.3 Å². The number of rotatable bonds is 3.